The average Bonchev–Trinajstić information content (AvgIpc) is 2.47. The number of aryl methyl sites for hydroxylation is 1. The molecule has 1 unspecified atom stereocenters. The first-order valence-corrected chi connectivity index (χ1v) is 4.04. The number of hydrogen-bond acceptors (Lipinski definition) is 3. The molecule has 1 heterocycles. The minimum Gasteiger partial charge on any atom is -0.396 e. The van der Waals surface area contributed by atoms with Crippen molar-refractivity contribution in [3.05, 3.63) is 18.2 Å². The Bertz CT molecular complexity index is 234. The average molecular weight is 169 g/mol. The van der Waals surface area contributed by atoms with Crippen LogP contribution < -0.4 is 5.32 Å². The lowest BCUT2D eigenvalue weighted by Gasteiger charge is -2.14. The topological polar surface area (TPSA) is 50.1 Å². The second kappa shape index (κ2) is 4.23. The van der Waals surface area contributed by atoms with E-state index in [-0.39, 0.29) is 12.6 Å². The molecule has 4 heteroatoms. The van der Waals surface area contributed by atoms with Crippen LogP contribution in [-0.4, -0.2) is 28.3 Å². The minimum atomic E-state index is 0.191. The molecule has 1 aromatic heterocycles. The van der Waals surface area contributed by atoms with Crippen LogP contribution in [0.2, 0.25) is 0 Å². The van der Waals surface area contributed by atoms with Gasteiger partial charge in [0.15, 0.2) is 0 Å². The highest BCUT2D eigenvalue weighted by Gasteiger charge is 2.10. The van der Waals surface area contributed by atoms with E-state index < -0.39 is 0 Å². The first kappa shape index (κ1) is 9.22. The van der Waals surface area contributed by atoms with Crippen molar-refractivity contribution in [2.24, 2.45) is 7.05 Å². The van der Waals surface area contributed by atoms with Gasteiger partial charge in [0, 0.05) is 19.9 Å². The van der Waals surface area contributed by atoms with Crippen molar-refractivity contribution in [3.63, 3.8) is 0 Å². The maximum atomic E-state index is 8.79. The molecule has 1 rings (SSSR count). The van der Waals surface area contributed by atoms with E-state index in [0.29, 0.717) is 0 Å². The summed E-state index contributed by atoms with van der Waals surface area (Å²) in [6.45, 7) is 0.191. The zero-order chi connectivity index (χ0) is 8.97. The van der Waals surface area contributed by atoms with Gasteiger partial charge in [-0.05, 0) is 13.5 Å². The number of aromatic nitrogens is 2. The SMILES string of the molecule is CNC(CCO)c1cncn1C. The fourth-order valence-electron chi connectivity index (χ4n) is 1.27. The molecule has 1 aromatic rings. The molecule has 0 bridgehead atoms. The molecular formula is C8H15N3O. The monoisotopic (exact) mass is 169 g/mol. The first-order valence-electron chi connectivity index (χ1n) is 4.04. The second-order valence-electron chi connectivity index (χ2n) is 2.78. The Labute approximate surface area is 72.2 Å². The van der Waals surface area contributed by atoms with Crippen molar-refractivity contribution in [1.82, 2.24) is 14.9 Å². The van der Waals surface area contributed by atoms with Crippen LogP contribution in [0.5, 0.6) is 0 Å². The third-order valence-electron chi connectivity index (χ3n) is 1.98. The summed E-state index contributed by atoms with van der Waals surface area (Å²) in [6, 6.07) is 0.197. The van der Waals surface area contributed by atoms with E-state index in [1.54, 1.807) is 6.33 Å². The van der Waals surface area contributed by atoms with Crippen molar-refractivity contribution >= 4 is 0 Å². The summed E-state index contributed by atoms with van der Waals surface area (Å²) in [5.74, 6) is 0. The van der Waals surface area contributed by atoms with Crippen LogP contribution in [0.15, 0.2) is 12.5 Å². The van der Waals surface area contributed by atoms with E-state index in [9.17, 15) is 0 Å². The van der Waals surface area contributed by atoms with Crippen LogP contribution in [-0.2, 0) is 7.05 Å². The lowest BCUT2D eigenvalue weighted by atomic mass is 10.1. The number of nitrogens with one attached hydrogen (secondary N) is 1. The normalized spacial score (nSPS) is 13.2. The van der Waals surface area contributed by atoms with Crippen molar-refractivity contribution in [1.29, 1.82) is 0 Å². The van der Waals surface area contributed by atoms with Crippen LogP contribution in [0.25, 0.3) is 0 Å². The highest BCUT2D eigenvalue weighted by atomic mass is 16.3. The fourth-order valence-corrected chi connectivity index (χ4v) is 1.27. The maximum Gasteiger partial charge on any atom is 0.0946 e. The predicted octanol–water partition coefficient (Wildman–Crippen LogP) is 0.0630. The number of imidazole rings is 1. The molecule has 0 aliphatic rings. The maximum absolute atomic E-state index is 8.79. The summed E-state index contributed by atoms with van der Waals surface area (Å²) in [5.41, 5.74) is 1.10. The Morgan fingerprint density at radius 3 is 2.92 bits per heavy atom. The van der Waals surface area contributed by atoms with Crippen LogP contribution in [0.3, 0.4) is 0 Å². The molecule has 4 nitrogen and oxygen atoms in total. The Kier molecular flexibility index (Phi) is 3.25. The van der Waals surface area contributed by atoms with E-state index >= 15 is 0 Å². The van der Waals surface area contributed by atoms with Crippen molar-refractivity contribution < 1.29 is 5.11 Å². The number of aliphatic hydroxyl groups is 1. The van der Waals surface area contributed by atoms with Gasteiger partial charge in [-0.1, -0.05) is 0 Å². The van der Waals surface area contributed by atoms with Gasteiger partial charge in [-0.3, -0.25) is 0 Å². The molecule has 0 saturated heterocycles. The Hall–Kier alpha value is -0.870. The second-order valence-corrected chi connectivity index (χ2v) is 2.78. The van der Waals surface area contributed by atoms with Crippen molar-refractivity contribution in [2.75, 3.05) is 13.7 Å². The van der Waals surface area contributed by atoms with E-state index in [1.165, 1.54) is 0 Å². The molecule has 68 valence electrons. The molecule has 0 spiro atoms. The van der Waals surface area contributed by atoms with Gasteiger partial charge in [0.1, 0.15) is 0 Å². The molecule has 12 heavy (non-hydrogen) atoms. The van der Waals surface area contributed by atoms with Gasteiger partial charge in [-0.2, -0.15) is 0 Å². The van der Waals surface area contributed by atoms with Gasteiger partial charge >= 0.3 is 0 Å². The summed E-state index contributed by atoms with van der Waals surface area (Å²) in [7, 11) is 3.83. The van der Waals surface area contributed by atoms with E-state index in [2.05, 4.69) is 10.3 Å². The molecule has 1 atom stereocenters. The van der Waals surface area contributed by atoms with Gasteiger partial charge < -0.3 is 15.0 Å². The molecular weight excluding hydrogens is 154 g/mol. The predicted molar refractivity (Wildman–Crippen MR) is 46.7 cm³/mol. The fraction of sp³-hybridized carbons (Fsp3) is 0.625. The molecule has 0 amide bonds. The van der Waals surface area contributed by atoms with Gasteiger partial charge in [-0.15, -0.1) is 0 Å². The molecule has 0 aliphatic carbocycles. The zero-order valence-electron chi connectivity index (χ0n) is 7.49. The van der Waals surface area contributed by atoms with E-state index in [0.717, 1.165) is 12.1 Å². The smallest absolute Gasteiger partial charge is 0.0946 e. The number of aliphatic hydroxyl groups excluding tert-OH is 1. The Morgan fingerprint density at radius 2 is 2.50 bits per heavy atom. The molecule has 2 N–H and O–H groups in total. The lowest BCUT2D eigenvalue weighted by Crippen LogP contribution is -2.19. The largest absolute Gasteiger partial charge is 0.396 e. The molecule has 0 aliphatic heterocycles. The third kappa shape index (κ3) is 1.84. The summed E-state index contributed by atoms with van der Waals surface area (Å²) in [6.07, 6.45) is 4.30. The van der Waals surface area contributed by atoms with Gasteiger partial charge in [0.25, 0.3) is 0 Å². The van der Waals surface area contributed by atoms with Crippen LogP contribution in [0.1, 0.15) is 18.2 Å². The molecule has 0 saturated carbocycles. The van der Waals surface area contributed by atoms with Gasteiger partial charge in [0.2, 0.25) is 0 Å². The van der Waals surface area contributed by atoms with Crippen LogP contribution in [0, 0.1) is 0 Å². The number of rotatable bonds is 4. The van der Waals surface area contributed by atoms with Crippen molar-refractivity contribution in [2.45, 2.75) is 12.5 Å². The quantitative estimate of drug-likeness (QED) is 0.670. The van der Waals surface area contributed by atoms with E-state index in [4.69, 9.17) is 5.11 Å². The standard InChI is InChI=1S/C8H15N3O/c1-9-7(3-4-12)8-5-10-6-11(8)2/h5-7,9,12H,3-4H2,1-2H3. The minimum absolute atomic E-state index is 0.191. The van der Waals surface area contributed by atoms with Crippen LogP contribution >= 0.6 is 0 Å². The summed E-state index contributed by atoms with van der Waals surface area (Å²) < 4.78 is 1.96. The highest BCUT2D eigenvalue weighted by Crippen LogP contribution is 2.13. The number of hydrogen-bond donors (Lipinski definition) is 2. The van der Waals surface area contributed by atoms with Crippen molar-refractivity contribution in [3.8, 4) is 0 Å². The molecule has 0 radical (unpaired) electrons. The Morgan fingerprint density at radius 1 is 1.75 bits per heavy atom. The first-order chi connectivity index (χ1) is 5.79. The summed E-state index contributed by atoms with van der Waals surface area (Å²) in [5, 5.41) is 11.9. The summed E-state index contributed by atoms with van der Waals surface area (Å²) in [4.78, 5) is 4.01. The third-order valence-corrected chi connectivity index (χ3v) is 1.98. The van der Waals surface area contributed by atoms with Gasteiger partial charge in [0.05, 0.1) is 18.1 Å². The molecule has 0 aromatic carbocycles. The van der Waals surface area contributed by atoms with E-state index in [1.807, 2.05) is 24.9 Å². The highest BCUT2D eigenvalue weighted by molar-refractivity contribution is 5.04. The zero-order valence-corrected chi connectivity index (χ0v) is 7.49. The number of nitrogens with zero attached hydrogens (tertiary/aromatic N) is 2. The van der Waals surface area contributed by atoms with Gasteiger partial charge in [-0.25, -0.2) is 4.98 Å². The Balaban J connectivity index is 2.72. The lowest BCUT2D eigenvalue weighted by molar-refractivity contribution is 0.266. The van der Waals surface area contributed by atoms with Crippen LogP contribution in [0.4, 0.5) is 0 Å². The summed E-state index contributed by atoms with van der Waals surface area (Å²) >= 11 is 0. The molecule has 0 fully saturated rings.